The third-order valence-electron chi connectivity index (χ3n) is 2.03. The highest BCUT2D eigenvalue weighted by Crippen LogP contribution is 2.24. The van der Waals surface area contributed by atoms with Gasteiger partial charge in [0.2, 0.25) is 0 Å². The standard InChI is InChI=1S/C11H15N3.C2H6/c1-8-6-11(2,3)5-4-10(14-8)9(13)7-12;1-2/h4-6,9H,13H2,1-3H3;1-2H3. The first kappa shape index (κ1) is 14.6. The largest absolute Gasteiger partial charge is 0.311 e. The van der Waals surface area contributed by atoms with Gasteiger partial charge < -0.3 is 5.73 Å². The maximum Gasteiger partial charge on any atom is 0.135 e. The van der Waals surface area contributed by atoms with Gasteiger partial charge >= 0.3 is 0 Å². The summed E-state index contributed by atoms with van der Waals surface area (Å²) in [6.07, 6.45) is 5.90. The van der Waals surface area contributed by atoms with E-state index < -0.39 is 6.04 Å². The second-order valence-electron chi connectivity index (χ2n) is 4.08. The summed E-state index contributed by atoms with van der Waals surface area (Å²) >= 11 is 0. The van der Waals surface area contributed by atoms with Crippen molar-refractivity contribution in [2.75, 3.05) is 0 Å². The zero-order valence-corrected chi connectivity index (χ0v) is 10.8. The first-order chi connectivity index (χ1) is 7.44. The summed E-state index contributed by atoms with van der Waals surface area (Å²) in [5.41, 5.74) is 7.11. The molecular formula is C13H21N3. The van der Waals surface area contributed by atoms with Gasteiger partial charge in [-0.3, -0.25) is 4.99 Å². The van der Waals surface area contributed by atoms with Crippen molar-refractivity contribution in [1.29, 1.82) is 5.26 Å². The van der Waals surface area contributed by atoms with Crippen LogP contribution in [0.25, 0.3) is 0 Å². The van der Waals surface area contributed by atoms with Gasteiger partial charge in [-0.2, -0.15) is 5.26 Å². The average Bonchev–Trinajstić information content (AvgIpc) is 2.38. The molecule has 0 amide bonds. The van der Waals surface area contributed by atoms with E-state index in [0.29, 0.717) is 5.71 Å². The Labute approximate surface area is 98.4 Å². The SMILES string of the molecule is CC.CC1=CC(C)(C)C=CC(C(N)C#N)=N1. The zero-order valence-electron chi connectivity index (χ0n) is 10.8. The molecule has 3 nitrogen and oxygen atoms in total. The first-order valence-electron chi connectivity index (χ1n) is 5.57. The number of hydrogen-bond acceptors (Lipinski definition) is 3. The van der Waals surface area contributed by atoms with E-state index in [2.05, 4.69) is 24.9 Å². The van der Waals surface area contributed by atoms with Crippen molar-refractivity contribution in [3.05, 3.63) is 23.9 Å². The zero-order chi connectivity index (χ0) is 12.8. The molecule has 0 aromatic rings. The fraction of sp³-hybridized carbons (Fsp3) is 0.538. The summed E-state index contributed by atoms with van der Waals surface area (Å²) in [4.78, 5) is 4.29. The van der Waals surface area contributed by atoms with Gasteiger partial charge in [0.1, 0.15) is 6.04 Å². The molecule has 0 aromatic heterocycles. The van der Waals surface area contributed by atoms with Crippen LogP contribution in [0.5, 0.6) is 0 Å². The molecule has 0 saturated heterocycles. The van der Waals surface area contributed by atoms with Crippen LogP contribution in [0.15, 0.2) is 28.9 Å². The Morgan fingerprint density at radius 3 is 2.50 bits per heavy atom. The van der Waals surface area contributed by atoms with E-state index in [4.69, 9.17) is 11.0 Å². The van der Waals surface area contributed by atoms with Crippen molar-refractivity contribution >= 4 is 5.71 Å². The lowest BCUT2D eigenvalue weighted by atomic mass is 9.92. The Balaban J connectivity index is 0.00000106. The Kier molecular flexibility index (Phi) is 5.69. The predicted octanol–water partition coefficient (Wildman–Crippen LogP) is 2.80. The number of nitriles is 1. The molecule has 1 unspecified atom stereocenters. The number of nitrogens with two attached hydrogens (primary N) is 1. The molecular weight excluding hydrogens is 198 g/mol. The van der Waals surface area contributed by atoms with Crippen LogP contribution >= 0.6 is 0 Å². The Hall–Kier alpha value is -1.40. The minimum Gasteiger partial charge on any atom is -0.311 e. The normalized spacial score (nSPS) is 19.3. The van der Waals surface area contributed by atoms with Crippen LogP contribution in [0.2, 0.25) is 0 Å². The van der Waals surface area contributed by atoms with Gasteiger partial charge in [0.05, 0.1) is 11.8 Å². The molecule has 0 bridgehead atoms. The highest BCUT2D eigenvalue weighted by Gasteiger charge is 2.16. The third kappa shape index (κ3) is 4.41. The molecule has 0 saturated carbocycles. The van der Waals surface area contributed by atoms with Crippen molar-refractivity contribution in [2.45, 2.75) is 40.7 Å². The quantitative estimate of drug-likeness (QED) is 0.737. The van der Waals surface area contributed by atoms with E-state index in [1.54, 1.807) is 0 Å². The monoisotopic (exact) mass is 219 g/mol. The van der Waals surface area contributed by atoms with Crippen LogP contribution in [0.3, 0.4) is 0 Å². The summed E-state index contributed by atoms with van der Waals surface area (Å²) in [6, 6.07) is 1.34. The molecule has 88 valence electrons. The average molecular weight is 219 g/mol. The third-order valence-corrected chi connectivity index (χ3v) is 2.03. The maximum absolute atomic E-state index is 8.69. The minimum absolute atomic E-state index is 0.0233. The molecule has 2 N–H and O–H groups in total. The minimum atomic E-state index is -0.636. The number of rotatable bonds is 1. The topological polar surface area (TPSA) is 62.2 Å². The summed E-state index contributed by atoms with van der Waals surface area (Å²) in [6.45, 7) is 10.1. The summed E-state index contributed by atoms with van der Waals surface area (Å²) in [7, 11) is 0. The maximum atomic E-state index is 8.69. The van der Waals surface area contributed by atoms with Gasteiger partial charge in [0, 0.05) is 11.1 Å². The number of hydrogen-bond donors (Lipinski definition) is 1. The molecule has 0 spiro atoms. The second-order valence-corrected chi connectivity index (χ2v) is 4.08. The first-order valence-corrected chi connectivity index (χ1v) is 5.57. The van der Waals surface area contributed by atoms with Crippen LogP contribution in [0.4, 0.5) is 0 Å². The molecule has 1 heterocycles. The lowest BCUT2D eigenvalue weighted by Gasteiger charge is -2.13. The summed E-state index contributed by atoms with van der Waals surface area (Å²) in [5, 5.41) is 8.69. The van der Waals surface area contributed by atoms with E-state index in [0.717, 1.165) is 5.70 Å². The van der Waals surface area contributed by atoms with Gasteiger partial charge in [-0.1, -0.05) is 39.8 Å². The van der Waals surface area contributed by atoms with Gasteiger partial charge in [-0.15, -0.1) is 0 Å². The van der Waals surface area contributed by atoms with E-state index in [-0.39, 0.29) is 5.41 Å². The van der Waals surface area contributed by atoms with Crippen molar-refractivity contribution in [3.8, 4) is 6.07 Å². The van der Waals surface area contributed by atoms with Crippen molar-refractivity contribution in [1.82, 2.24) is 0 Å². The molecule has 1 atom stereocenters. The van der Waals surface area contributed by atoms with E-state index in [1.165, 1.54) is 0 Å². The summed E-state index contributed by atoms with van der Waals surface area (Å²) < 4.78 is 0. The molecule has 1 rings (SSSR count). The lowest BCUT2D eigenvalue weighted by Crippen LogP contribution is -2.27. The molecule has 0 aliphatic carbocycles. The van der Waals surface area contributed by atoms with Gasteiger partial charge in [-0.25, -0.2) is 0 Å². The molecule has 16 heavy (non-hydrogen) atoms. The second kappa shape index (κ2) is 6.24. The number of nitrogens with zero attached hydrogens (tertiary/aromatic N) is 2. The Morgan fingerprint density at radius 1 is 1.44 bits per heavy atom. The highest BCUT2D eigenvalue weighted by atomic mass is 14.8. The van der Waals surface area contributed by atoms with Gasteiger partial charge in [0.15, 0.2) is 0 Å². The smallest absolute Gasteiger partial charge is 0.135 e. The van der Waals surface area contributed by atoms with E-state index >= 15 is 0 Å². The Morgan fingerprint density at radius 2 is 2.00 bits per heavy atom. The Bertz CT molecular complexity index is 354. The van der Waals surface area contributed by atoms with Gasteiger partial charge in [-0.05, 0) is 13.0 Å². The molecule has 3 heteroatoms. The van der Waals surface area contributed by atoms with Crippen molar-refractivity contribution in [2.24, 2.45) is 16.1 Å². The van der Waals surface area contributed by atoms with Crippen molar-refractivity contribution in [3.63, 3.8) is 0 Å². The number of aliphatic imine (C=N–C) groups is 1. The summed E-state index contributed by atoms with van der Waals surface area (Å²) in [5.74, 6) is 0. The predicted molar refractivity (Wildman–Crippen MR) is 69.0 cm³/mol. The van der Waals surface area contributed by atoms with Crippen LogP contribution < -0.4 is 5.73 Å². The van der Waals surface area contributed by atoms with Crippen LogP contribution in [0, 0.1) is 16.7 Å². The van der Waals surface area contributed by atoms with Crippen LogP contribution in [-0.2, 0) is 0 Å². The van der Waals surface area contributed by atoms with Crippen LogP contribution in [-0.4, -0.2) is 11.8 Å². The van der Waals surface area contributed by atoms with Gasteiger partial charge in [0.25, 0.3) is 0 Å². The van der Waals surface area contributed by atoms with Crippen molar-refractivity contribution < 1.29 is 0 Å². The van der Waals surface area contributed by atoms with E-state index in [1.807, 2.05) is 39.0 Å². The van der Waals surface area contributed by atoms with Crippen LogP contribution in [0.1, 0.15) is 34.6 Å². The van der Waals surface area contributed by atoms with E-state index in [9.17, 15) is 0 Å². The molecule has 1 aliphatic rings. The molecule has 0 radical (unpaired) electrons. The lowest BCUT2D eigenvalue weighted by molar-refractivity contribution is 0.622. The molecule has 1 aliphatic heterocycles. The fourth-order valence-electron chi connectivity index (χ4n) is 1.40. The fourth-order valence-corrected chi connectivity index (χ4v) is 1.40. The highest BCUT2D eigenvalue weighted by molar-refractivity contribution is 6.01. The number of allylic oxidation sites excluding steroid dienone is 3. The molecule has 0 aromatic carbocycles. The molecule has 0 fully saturated rings.